The van der Waals surface area contributed by atoms with Crippen molar-refractivity contribution in [3.05, 3.63) is 48.0 Å². The van der Waals surface area contributed by atoms with Gasteiger partial charge in [-0.1, -0.05) is 37.5 Å². The van der Waals surface area contributed by atoms with Gasteiger partial charge in [-0.05, 0) is 55.2 Å². The molecule has 2 aliphatic heterocycles. The second kappa shape index (κ2) is 8.38. The van der Waals surface area contributed by atoms with Gasteiger partial charge < -0.3 is 15.2 Å². The van der Waals surface area contributed by atoms with E-state index in [-0.39, 0.29) is 11.9 Å². The van der Waals surface area contributed by atoms with E-state index in [1.807, 2.05) is 49.4 Å². The Kier molecular flexibility index (Phi) is 5.66. The van der Waals surface area contributed by atoms with Gasteiger partial charge in [0.25, 0.3) is 5.91 Å². The van der Waals surface area contributed by atoms with Crippen LogP contribution in [0, 0.1) is 0 Å². The summed E-state index contributed by atoms with van der Waals surface area (Å²) in [6.07, 6.45) is 4.67. The first-order valence-electron chi connectivity index (χ1n) is 10.7. The zero-order valence-corrected chi connectivity index (χ0v) is 17.7. The predicted octanol–water partition coefficient (Wildman–Crippen LogP) is 4.08. The van der Waals surface area contributed by atoms with Crippen molar-refractivity contribution in [2.75, 3.05) is 20.3 Å². The van der Waals surface area contributed by atoms with Crippen LogP contribution < -0.4 is 15.2 Å². The second-order valence-corrected chi connectivity index (χ2v) is 7.88. The number of fused-ring (bicyclic) bond motifs is 2. The number of nitrogens with zero attached hydrogens (tertiary/aromatic N) is 2. The van der Waals surface area contributed by atoms with Crippen LogP contribution in [0.1, 0.15) is 44.6 Å². The number of amides is 1. The number of guanidine groups is 1. The Bertz CT molecular complexity index is 972. The minimum Gasteiger partial charge on any atom is -0.494 e. The minimum absolute atomic E-state index is 0.0920. The van der Waals surface area contributed by atoms with E-state index >= 15 is 0 Å². The molecule has 2 aromatic rings. The summed E-state index contributed by atoms with van der Waals surface area (Å²) in [5.74, 6) is 1.69. The number of benzene rings is 2. The maximum atomic E-state index is 13.4. The lowest BCUT2D eigenvalue weighted by Crippen LogP contribution is -2.40. The van der Waals surface area contributed by atoms with Crippen LogP contribution in [-0.2, 0) is 10.3 Å². The highest BCUT2D eigenvalue weighted by Gasteiger charge is 2.49. The van der Waals surface area contributed by atoms with Crippen LogP contribution in [0.5, 0.6) is 11.5 Å². The van der Waals surface area contributed by atoms with Crippen molar-refractivity contribution in [2.24, 2.45) is 10.7 Å². The number of carbonyl (C=O) groups is 1. The van der Waals surface area contributed by atoms with Crippen molar-refractivity contribution < 1.29 is 14.3 Å². The van der Waals surface area contributed by atoms with Crippen molar-refractivity contribution in [3.63, 3.8) is 0 Å². The average molecular weight is 408 g/mol. The summed E-state index contributed by atoms with van der Waals surface area (Å²) < 4.78 is 11.8. The molecule has 1 spiro atoms. The van der Waals surface area contributed by atoms with Crippen molar-refractivity contribution >= 4 is 11.9 Å². The van der Waals surface area contributed by atoms with Crippen molar-refractivity contribution in [3.8, 4) is 22.6 Å². The summed E-state index contributed by atoms with van der Waals surface area (Å²) in [5, 5.41) is 0. The molecule has 0 saturated heterocycles. The van der Waals surface area contributed by atoms with Crippen LogP contribution in [0.2, 0.25) is 0 Å². The highest BCUT2D eigenvalue weighted by Crippen LogP contribution is 2.44. The Morgan fingerprint density at radius 1 is 1.13 bits per heavy atom. The quantitative estimate of drug-likeness (QED) is 0.832. The van der Waals surface area contributed by atoms with Crippen LogP contribution in [0.25, 0.3) is 11.1 Å². The van der Waals surface area contributed by atoms with Crippen molar-refractivity contribution in [1.82, 2.24) is 4.90 Å². The Hall–Kier alpha value is -3.02. The molecule has 2 heterocycles. The Morgan fingerprint density at radius 3 is 2.70 bits per heavy atom. The lowest BCUT2D eigenvalue weighted by molar-refractivity contribution is -0.131. The number of likely N-dealkylation sites (N-methyl/N-ethyl adjacent to an activating group) is 1. The topological polar surface area (TPSA) is 77.2 Å². The number of nitrogens with two attached hydrogens (primary N) is 1. The number of ether oxygens (including phenoxy) is 2. The molecule has 0 fully saturated rings. The van der Waals surface area contributed by atoms with Gasteiger partial charge in [-0.15, -0.1) is 0 Å². The minimum atomic E-state index is -1.03. The van der Waals surface area contributed by atoms with E-state index in [2.05, 4.69) is 0 Å². The molecule has 1 atom stereocenters. The lowest BCUT2D eigenvalue weighted by atomic mass is 9.82. The monoisotopic (exact) mass is 407 g/mol. The van der Waals surface area contributed by atoms with Gasteiger partial charge in [-0.3, -0.25) is 9.69 Å². The highest BCUT2D eigenvalue weighted by atomic mass is 16.5. The third-order valence-corrected chi connectivity index (χ3v) is 5.90. The first kappa shape index (κ1) is 20.3. The van der Waals surface area contributed by atoms with Crippen molar-refractivity contribution in [1.29, 1.82) is 0 Å². The van der Waals surface area contributed by atoms with Crippen LogP contribution in [0.15, 0.2) is 47.5 Å². The van der Waals surface area contributed by atoms with Crippen molar-refractivity contribution in [2.45, 2.75) is 44.6 Å². The maximum absolute atomic E-state index is 13.4. The molecule has 0 bridgehead atoms. The smallest absolute Gasteiger partial charge is 0.261 e. The average Bonchev–Trinajstić information content (AvgIpc) is 2.98. The summed E-state index contributed by atoms with van der Waals surface area (Å²) >= 11 is 0. The number of hydrogen-bond donors (Lipinski definition) is 1. The largest absolute Gasteiger partial charge is 0.494 e. The van der Waals surface area contributed by atoms with E-state index in [4.69, 9.17) is 20.2 Å². The zero-order valence-electron chi connectivity index (χ0n) is 17.7. The maximum Gasteiger partial charge on any atom is 0.261 e. The number of carbonyl (C=O) groups excluding carboxylic acids is 1. The summed E-state index contributed by atoms with van der Waals surface area (Å²) in [4.78, 5) is 19.5. The first-order valence-corrected chi connectivity index (χ1v) is 10.7. The van der Waals surface area contributed by atoms with Crippen LogP contribution in [-0.4, -0.2) is 37.0 Å². The Labute approximate surface area is 177 Å². The molecule has 158 valence electrons. The van der Waals surface area contributed by atoms with E-state index in [0.29, 0.717) is 25.4 Å². The molecule has 6 heteroatoms. The highest BCUT2D eigenvalue weighted by molar-refractivity contribution is 6.07. The lowest BCUT2D eigenvalue weighted by Gasteiger charge is -2.29. The molecule has 6 nitrogen and oxygen atoms in total. The van der Waals surface area contributed by atoms with Crippen LogP contribution >= 0.6 is 0 Å². The molecule has 1 amide bonds. The number of hydrogen-bond acceptors (Lipinski definition) is 5. The third-order valence-electron chi connectivity index (χ3n) is 5.90. The Balaban J connectivity index is 1.85. The van der Waals surface area contributed by atoms with E-state index < -0.39 is 5.54 Å². The Morgan fingerprint density at radius 2 is 1.93 bits per heavy atom. The first-order chi connectivity index (χ1) is 14.5. The standard InChI is InChI=1S/C24H29N3O3/c1-3-29-19-10-8-9-17(15-19)18-11-12-21-20(16-18)24(13-6-4-5-7-14-30-21)22(28)27(2)23(25)26-24/h8-12,15-16H,3-7,13-14H2,1-2H3,(H2,25,26). The van der Waals surface area contributed by atoms with Gasteiger partial charge in [0.05, 0.1) is 13.2 Å². The summed E-state index contributed by atoms with van der Waals surface area (Å²) in [6, 6.07) is 14.0. The molecule has 2 aromatic carbocycles. The molecule has 1 unspecified atom stereocenters. The van der Waals surface area contributed by atoms with Gasteiger partial charge in [-0.25, -0.2) is 4.99 Å². The zero-order chi connectivity index (χ0) is 21.1. The van der Waals surface area contributed by atoms with Gasteiger partial charge in [-0.2, -0.15) is 0 Å². The molecule has 0 radical (unpaired) electrons. The molecule has 0 aromatic heterocycles. The molecule has 4 rings (SSSR count). The number of rotatable bonds is 3. The fourth-order valence-corrected chi connectivity index (χ4v) is 4.28. The molecular formula is C24H29N3O3. The van der Waals surface area contributed by atoms with Gasteiger partial charge in [0.1, 0.15) is 11.5 Å². The van der Waals surface area contributed by atoms with Gasteiger partial charge in [0, 0.05) is 12.6 Å². The summed E-state index contributed by atoms with van der Waals surface area (Å²) in [6.45, 7) is 3.21. The molecule has 0 saturated carbocycles. The van der Waals surface area contributed by atoms with E-state index in [0.717, 1.165) is 48.1 Å². The summed E-state index contributed by atoms with van der Waals surface area (Å²) in [5.41, 5.74) is 7.87. The number of aliphatic imine (C=N–C) groups is 1. The molecule has 2 aliphatic rings. The molecule has 30 heavy (non-hydrogen) atoms. The molecular weight excluding hydrogens is 378 g/mol. The van der Waals surface area contributed by atoms with Crippen LogP contribution in [0.4, 0.5) is 0 Å². The van der Waals surface area contributed by atoms with E-state index in [9.17, 15) is 4.79 Å². The van der Waals surface area contributed by atoms with E-state index in [1.165, 1.54) is 4.90 Å². The van der Waals surface area contributed by atoms with Gasteiger partial charge >= 0.3 is 0 Å². The fourth-order valence-electron chi connectivity index (χ4n) is 4.28. The van der Waals surface area contributed by atoms with Gasteiger partial charge in [0.2, 0.25) is 0 Å². The predicted molar refractivity (Wildman–Crippen MR) is 118 cm³/mol. The summed E-state index contributed by atoms with van der Waals surface area (Å²) in [7, 11) is 1.69. The fraction of sp³-hybridized carbons (Fsp3) is 0.417. The normalized spacial score (nSPS) is 21.7. The van der Waals surface area contributed by atoms with E-state index in [1.54, 1.807) is 7.05 Å². The molecule has 2 N–H and O–H groups in total. The van der Waals surface area contributed by atoms with Gasteiger partial charge in [0.15, 0.2) is 11.5 Å². The SMILES string of the molecule is CCOc1cccc(-c2ccc3c(c2)C2(CCCCCCO3)N=C(N)N(C)C2=O)c1. The second-order valence-electron chi connectivity index (χ2n) is 7.88. The molecule has 0 aliphatic carbocycles. The third kappa shape index (κ3) is 3.62. The van der Waals surface area contributed by atoms with Crippen LogP contribution in [0.3, 0.4) is 0 Å².